The maximum absolute atomic E-state index is 10.3. The van der Waals surface area contributed by atoms with Gasteiger partial charge in [0.2, 0.25) is 0 Å². The highest BCUT2D eigenvalue weighted by Gasteiger charge is 1.97. The fourth-order valence-corrected chi connectivity index (χ4v) is 2.71. The maximum atomic E-state index is 10.3. The molecule has 0 saturated carbocycles. The summed E-state index contributed by atoms with van der Waals surface area (Å²) in [6.45, 7) is 3.47. The zero-order valence-electron chi connectivity index (χ0n) is 19.2. The Bertz CT molecular complexity index is 283. The van der Waals surface area contributed by atoms with E-state index < -0.39 is 12.1 Å². The van der Waals surface area contributed by atoms with Crippen LogP contribution in [0.15, 0.2) is 0 Å². The molecule has 0 aliphatic rings. The zero-order valence-corrected chi connectivity index (χ0v) is 19.2. The summed E-state index contributed by atoms with van der Waals surface area (Å²) in [4.78, 5) is 10.3. The second-order valence-corrected chi connectivity index (χ2v) is 7.43. The van der Waals surface area contributed by atoms with Gasteiger partial charge in [-0.2, -0.15) is 0 Å². The summed E-state index contributed by atoms with van der Waals surface area (Å²) in [5.74, 6) is -0.653. The van der Waals surface area contributed by atoms with Gasteiger partial charge in [0.25, 0.3) is 0 Å². The molecule has 6 heteroatoms. The first-order valence-corrected chi connectivity index (χ1v) is 11.7. The van der Waals surface area contributed by atoms with Gasteiger partial charge in [0.1, 0.15) is 6.10 Å². The standard InChI is InChI=1S/C18H36O2.C3H8O3.C2H6O/c1-2-3-4-5-6-7-8-9-10-11-12-13-14-15-16-17-18(19)20;4-1-3(6)2-5;1-2-3/h2-17H2,1H3,(H,19,20);3-6H,1-2H2;3H,2H2,1H3. The lowest BCUT2D eigenvalue weighted by atomic mass is 10.0. The van der Waals surface area contributed by atoms with Crippen molar-refractivity contribution in [1.82, 2.24) is 0 Å². The zero-order chi connectivity index (χ0) is 22.6. The van der Waals surface area contributed by atoms with Crippen LogP contribution < -0.4 is 0 Å². The second kappa shape index (κ2) is 32.0. The predicted molar refractivity (Wildman–Crippen MR) is 120 cm³/mol. The van der Waals surface area contributed by atoms with E-state index in [0.29, 0.717) is 6.42 Å². The smallest absolute Gasteiger partial charge is 0.303 e. The van der Waals surface area contributed by atoms with Crippen LogP contribution in [0.5, 0.6) is 0 Å². The van der Waals surface area contributed by atoms with Crippen LogP contribution in [0.25, 0.3) is 0 Å². The molecule has 29 heavy (non-hydrogen) atoms. The lowest BCUT2D eigenvalue weighted by molar-refractivity contribution is -0.137. The van der Waals surface area contributed by atoms with E-state index in [1.807, 2.05) is 0 Å². The first-order valence-electron chi connectivity index (χ1n) is 11.7. The monoisotopic (exact) mass is 422 g/mol. The van der Waals surface area contributed by atoms with Crippen LogP contribution in [0.1, 0.15) is 117 Å². The van der Waals surface area contributed by atoms with Crippen molar-refractivity contribution < 1.29 is 30.3 Å². The number of carboxylic acids is 1. The largest absolute Gasteiger partial charge is 0.481 e. The highest BCUT2D eigenvalue weighted by atomic mass is 16.4. The van der Waals surface area contributed by atoms with Gasteiger partial charge in [0.15, 0.2) is 0 Å². The van der Waals surface area contributed by atoms with Crippen molar-refractivity contribution in [2.45, 2.75) is 123 Å². The third-order valence-electron chi connectivity index (χ3n) is 4.42. The van der Waals surface area contributed by atoms with E-state index in [-0.39, 0.29) is 19.8 Å². The van der Waals surface area contributed by atoms with Crippen LogP contribution in [0, 0.1) is 0 Å². The first kappa shape index (κ1) is 33.0. The predicted octanol–water partition coefficient (Wildman–Crippen LogP) is 4.66. The van der Waals surface area contributed by atoms with Gasteiger partial charge in [0, 0.05) is 13.0 Å². The number of carbonyl (C=O) groups is 1. The summed E-state index contributed by atoms with van der Waals surface area (Å²) < 4.78 is 0. The number of carboxylic acid groups (broad SMARTS) is 1. The SMILES string of the molecule is CCCCCCCCCCCCCCCCCC(=O)O.CCO.OCC(O)CO. The van der Waals surface area contributed by atoms with Gasteiger partial charge < -0.3 is 25.5 Å². The summed E-state index contributed by atoms with van der Waals surface area (Å²) in [6.07, 6.45) is 19.2. The van der Waals surface area contributed by atoms with Crippen LogP contribution in [-0.4, -0.2) is 57.4 Å². The topological polar surface area (TPSA) is 118 Å². The van der Waals surface area contributed by atoms with Crippen molar-refractivity contribution in [2.24, 2.45) is 0 Å². The molecule has 0 aliphatic carbocycles. The molecule has 0 amide bonds. The van der Waals surface area contributed by atoms with E-state index in [0.717, 1.165) is 12.8 Å². The summed E-state index contributed by atoms with van der Waals surface area (Å²) in [5.41, 5.74) is 0. The summed E-state index contributed by atoms with van der Waals surface area (Å²) in [7, 11) is 0. The molecule has 0 heterocycles. The molecule has 0 spiro atoms. The third-order valence-corrected chi connectivity index (χ3v) is 4.42. The van der Waals surface area contributed by atoms with Crippen LogP contribution >= 0.6 is 0 Å². The first-order chi connectivity index (χ1) is 14.0. The van der Waals surface area contributed by atoms with Crippen molar-refractivity contribution in [1.29, 1.82) is 0 Å². The van der Waals surface area contributed by atoms with Crippen molar-refractivity contribution >= 4 is 5.97 Å². The van der Waals surface area contributed by atoms with Gasteiger partial charge in [-0.25, -0.2) is 0 Å². The van der Waals surface area contributed by atoms with E-state index in [4.69, 9.17) is 25.5 Å². The van der Waals surface area contributed by atoms with Gasteiger partial charge in [0.05, 0.1) is 13.2 Å². The molecule has 0 radical (unpaired) electrons. The number of hydrogen-bond acceptors (Lipinski definition) is 5. The molecule has 0 aromatic rings. The Morgan fingerprint density at radius 3 is 1.10 bits per heavy atom. The highest BCUT2D eigenvalue weighted by Crippen LogP contribution is 2.13. The van der Waals surface area contributed by atoms with Crippen LogP contribution in [0.3, 0.4) is 0 Å². The molecule has 0 fully saturated rings. The molecule has 0 rings (SSSR count). The highest BCUT2D eigenvalue weighted by molar-refractivity contribution is 5.66. The van der Waals surface area contributed by atoms with E-state index in [2.05, 4.69) is 6.92 Å². The van der Waals surface area contributed by atoms with Gasteiger partial charge >= 0.3 is 5.97 Å². The Morgan fingerprint density at radius 1 is 0.621 bits per heavy atom. The van der Waals surface area contributed by atoms with E-state index >= 15 is 0 Å². The van der Waals surface area contributed by atoms with Crippen molar-refractivity contribution in [3.8, 4) is 0 Å². The minimum Gasteiger partial charge on any atom is -0.481 e. The molecule has 6 nitrogen and oxygen atoms in total. The van der Waals surface area contributed by atoms with E-state index in [1.165, 1.54) is 83.5 Å². The van der Waals surface area contributed by atoms with Crippen molar-refractivity contribution in [2.75, 3.05) is 19.8 Å². The lowest BCUT2D eigenvalue weighted by Crippen LogP contribution is -2.15. The minimum absolute atomic E-state index is 0.250. The normalized spacial score (nSPS) is 10.2. The minimum atomic E-state index is -0.954. The number of unbranched alkanes of at least 4 members (excludes halogenated alkanes) is 14. The van der Waals surface area contributed by atoms with Gasteiger partial charge in [-0.15, -0.1) is 0 Å². The average molecular weight is 423 g/mol. The van der Waals surface area contributed by atoms with E-state index in [9.17, 15) is 4.79 Å². The molecular weight excluding hydrogens is 372 g/mol. The van der Waals surface area contributed by atoms with Gasteiger partial charge in [-0.05, 0) is 13.3 Å². The van der Waals surface area contributed by atoms with Crippen LogP contribution in [-0.2, 0) is 4.79 Å². The molecule has 0 aromatic heterocycles. The molecule has 0 bridgehead atoms. The fourth-order valence-electron chi connectivity index (χ4n) is 2.71. The molecule has 0 saturated heterocycles. The Labute approximate surface area is 179 Å². The van der Waals surface area contributed by atoms with Gasteiger partial charge in [-0.3, -0.25) is 4.79 Å². The summed E-state index contributed by atoms with van der Waals surface area (Å²) in [5, 5.41) is 40.1. The fraction of sp³-hybridized carbons (Fsp3) is 0.957. The molecule has 0 unspecified atom stereocenters. The second-order valence-electron chi connectivity index (χ2n) is 7.43. The molecule has 0 atom stereocenters. The third kappa shape index (κ3) is 42.4. The quantitative estimate of drug-likeness (QED) is 0.205. The molecule has 0 aliphatic heterocycles. The molecule has 178 valence electrons. The Hall–Kier alpha value is -0.690. The average Bonchev–Trinajstić information content (AvgIpc) is 2.71. The van der Waals surface area contributed by atoms with Crippen LogP contribution in [0.2, 0.25) is 0 Å². The summed E-state index contributed by atoms with van der Waals surface area (Å²) >= 11 is 0. The molecule has 5 N–H and O–H groups in total. The van der Waals surface area contributed by atoms with Crippen molar-refractivity contribution in [3.05, 3.63) is 0 Å². The number of aliphatic hydroxyl groups excluding tert-OH is 4. The Balaban J connectivity index is -0.000000625. The van der Waals surface area contributed by atoms with Gasteiger partial charge in [-0.1, -0.05) is 96.8 Å². The summed E-state index contributed by atoms with van der Waals surface area (Å²) in [6, 6.07) is 0. The number of hydrogen-bond donors (Lipinski definition) is 5. The number of rotatable bonds is 18. The van der Waals surface area contributed by atoms with E-state index in [1.54, 1.807) is 6.92 Å². The molecule has 0 aromatic carbocycles. The molecular formula is C23H50O6. The number of aliphatic carboxylic acids is 1. The Morgan fingerprint density at radius 2 is 0.897 bits per heavy atom. The maximum Gasteiger partial charge on any atom is 0.303 e. The number of aliphatic hydroxyl groups is 4. The van der Waals surface area contributed by atoms with Crippen LogP contribution in [0.4, 0.5) is 0 Å². The van der Waals surface area contributed by atoms with Crippen molar-refractivity contribution in [3.63, 3.8) is 0 Å². The lowest BCUT2D eigenvalue weighted by Gasteiger charge is -2.03. The Kier molecular flexibility index (Phi) is 36.4.